The molecule has 1 rings (SSSR count). The lowest BCUT2D eigenvalue weighted by molar-refractivity contribution is 0.0862. The minimum atomic E-state index is -0.571. The van der Waals surface area contributed by atoms with Gasteiger partial charge in [0.15, 0.2) is 5.78 Å². The third kappa shape index (κ3) is 4.97. The largest absolute Gasteiger partial charge is 0.380 e. The van der Waals surface area contributed by atoms with Crippen molar-refractivity contribution >= 4 is 17.5 Å². The Morgan fingerprint density at radius 3 is 2.47 bits per heavy atom. The fourth-order valence-electron chi connectivity index (χ4n) is 1.76. The van der Waals surface area contributed by atoms with Gasteiger partial charge in [-0.05, 0) is 39.2 Å². The Labute approximate surface area is 120 Å². The fourth-order valence-corrected chi connectivity index (χ4v) is 2.17. The fraction of sp³-hybridized carbons (Fsp3) is 0.533. The average molecular weight is 281 g/mol. The van der Waals surface area contributed by atoms with Crippen LogP contribution in [0.2, 0.25) is 0 Å². The van der Waals surface area contributed by atoms with Crippen LogP contribution >= 0.6 is 11.8 Å². The molecule has 1 N–H and O–H groups in total. The maximum atomic E-state index is 12.4. The molecule has 0 unspecified atom stereocenters. The number of carbonyl (C=O) groups excluding carboxylic acids is 1. The van der Waals surface area contributed by atoms with Gasteiger partial charge in [-0.15, -0.1) is 11.8 Å². The Hall–Kier alpha value is -0.840. The predicted octanol–water partition coefficient (Wildman–Crippen LogP) is 3.00. The van der Waals surface area contributed by atoms with Crippen LogP contribution in [0.15, 0.2) is 29.2 Å². The summed E-state index contributed by atoms with van der Waals surface area (Å²) < 4.78 is 5.27. The van der Waals surface area contributed by atoms with Crippen LogP contribution in [0.25, 0.3) is 0 Å². The van der Waals surface area contributed by atoms with Crippen molar-refractivity contribution in [3.63, 3.8) is 0 Å². The smallest absolute Gasteiger partial charge is 0.182 e. The molecule has 0 spiro atoms. The van der Waals surface area contributed by atoms with E-state index in [9.17, 15) is 4.79 Å². The molecule has 1 aromatic carbocycles. The normalized spacial score (nSPS) is 11.6. The van der Waals surface area contributed by atoms with Crippen molar-refractivity contribution in [2.24, 2.45) is 0 Å². The zero-order chi connectivity index (χ0) is 14.3. The molecule has 0 bridgehead atoms. The Balaban J connectivity index is 2.62. The third-order valence-corrected chi connectivity index (χ3v) is 3.68. The van der Waals surface area contributed by atoms with Crippen molar-refractivity contribution < 1.29 is 9.53 Å². The summed E-state index contributed by atoms with van der Waals surface area (Å²) in [6.45, 7) is 7.78. The Kier molecular flexibility index (Phi) is 6.55. The van der Waals surface area contributed by atoms with Crippen molar-refractivity contribution in [3.05, 3.63) is 29.8 Å². The van der Waals surface area contributed by atoms with Gasteiger partial charge in [-0.1, -0.05) is 12.1 Å². The lowest BCUT2D eigenvalue weighted by Gasteiger charge is -2.25. The summed E-state index contributed by atoms with van der Waals surface area (Å²) in [5.74, 6) is 0.108. The summed E-state index contributed by atoms with van der Waals surface area (Å²) in [5, 5.41) is 3.24. The second kappa shape index (κ2) is 7.68. The van der Waals surface area contributed by atoms with Crippen molar-refractivity contribution in [2.75, 3.05) is 26.0 Å². The number of ether oxygens (including phenoxy) is 1. The maximum Gasteiger partial charge on any atom is 0.182 e. The summed E-state index contributed by atoms with van der Waals surface area (Å²) in [5.41, 5.74) is 0.171. The van der Waals surface area contributed by atoms with Crippen molar-refractivity contribution in [1.82, 2.24) is 5.32 Å². The second-order valence-corrected chi connectivity index (χ2v) is 5.69. The molecule has 0 radical (unpaired) electrons. The lowest BCUT2D eigenvalue weighted by atomic mass is 9.93. The van der Waals surface area contributed by atoms with Gasteiger partial charge in [-0.3, -0.25) is 4.79 Å². The zero-order valence-electron chi connectivity index (χ0n) is 12.2. The molecule has 0 aliphatic rings. The van der Waals surface area contributed by atoms with Crippen LogP contribution in [0, 0.1) is 0 Å². The average Bonchev–Trinajstić information content (AvgIpc) is 2.43. The van der Waals surface area contributed by atoms with Gasteiger partial charge in [-0.2, -0.15) is 0 Å². The summed E-state index contributed by atoms with van der Waals surface area (Å²) in [7, 11) is 0. The van der Waals surface area contributed by atoms with Gasteiger partial charge in [0.1, 0.15) is 0 Å². The third-order valence-electron chi connectivity index (χ3n) is 2.94. The van der Waals surface area contributed by atoms with E-state index in [0.29, 0.717) is 19.8 Å². The van der Waals surface area contributed by atoms with E-state index < -0.39 is 5.54 Å². The monoisotopic (exact) mass is 281 g/mol. The minimum absolute atomic E-state index is 0.108. The first-order valence-corrected chi connectivity index (χ1v) is 7.75. The first-order valence-electron chi connectivity index (χ1n) is 6.53. The van der Waals surface area contributed by atoms with Crippen LogP contribution in [0.5, 0.6) is 0 Å². The van der Waals surface area contributed by atoms with Gasteiger partial charge >= 0.3 is 0 Å². The summed E-state index contributed by atoms with van der Waals surface area (Å²) in [6.07, 6.45) is 2.02. The molecule has 0 amide bonds. The van der Waals surface area contributed by atoms with E-state index in [1.165, 1.54) is 4.90 Å². The highest BCUT2D eigenvalue weighted by Crippen LogP contribution is 2.18. The van der Waals surface area contributed by atoms with Crippen LogP contribution < -0.4 is 5.32 Å². The SMILES string of the molecule is CCOCCNC(C)(C)C(=O)c1ccc(SC)cc1. The number of ketones is 1. The number of thioether (sulfide) groups is 1. The number of carbonyl (C=O) groups is 1. The molecule has 0 aromatic heterocycles. The predicted molar refractivity (Wildman–Crippen MR) is 81.1 cm³/mol. The number of nitrogens with one attached hydrogen (secondary N) is 1. The van der Waals surface area contributed by atoms with E-state index in [1.807, 2.05) is 51.3 Å². The Morgan fingerprint density at radius 1 is 1.32 bits per heavy atom. The number of rotatable bonds is 8. The van der Waals surface area contributed by atoms with Gasteiger partial charge in [-0.25, -0.2) is 0 Å². The van der Waals surface area contributed by atoms with Crippen molar-refractivity contribution in [3.8, 4) is 0 Å². The van der Waals surface area contributed by atoms with E-state index in [1.54, 1.807) is 11.8 Å². The van der Waals surface area contributed by atoms with Crippen LogP contribution in [-0.4, -0.2) is 37.3 Å². The molecule has 0 heterocycles. The topological polar surface area (TPSA) is 38.3 Å². The molecule has 0 aliphatic carbocycles. The molecule has 4 heteroatoms. The Bertz CT molecular complexity index is 401. The van der Waals surface area contributed by atoms with Crippen LogP contribution in [0.1, 0.15) is 31.1 Å². The Morgan fingerprint density at radius 2 is 1.95 bits per heavy atom. The first-order chi connectivity index (χ1) is 9.01. The minimum Gasteiger partial charge on any atom is -0.380 e. The van der Waals surface area contributed by atoms with E-state index in [4.69, 9.17) is 4.74 Å². The number of hydrogen-bond donors (Lipinski definition) is 1. The van der Waals surface area contributed by atoms with Crippen LogP contribution in [0.4, 0.5) is 0 Å². The summed E-state index contributed by atoms with van der Waals surface area (Å²) >= 11 is 1.67. The quantitative estimate of drug-likeness (QED) is 0.451. The molecule has 0 aliphatic heterocycles. The number of hydrogen-bond acceptors (Lipinski definition) is 4. The number of benzene rings is 1. The van der Waals surface area contributed by atoms with E-state index in [0.717, 1.165) is 5.56 Å². The summed E-state index contributed by atoms with van der Waals surface area (Å²) in [4.78, 5) is 13.6. The van der Waals surface area contributed by atoms with Crippen molar-refractivity contribution in [2.45, 2.75) is 31.2 Å². The summed E-state index contributed by atoms with van der Waals surface area (Å²) in [6, 6.07) is 7.74. The van der Waals surface area contributed by atoms with Crippen molar-refractivity contribution in [1.29, 1.82) is 0 Å². The second-order valence-electron chi connectivity index (χ2n) is 4.81. The highest BCUT2D eigenvalue weighted by Gasteiger charge is 2.27. The number of Topliss-reactive ketones (excluding diaryl/α,β-unsaturated/α-hetero) is 1. The van der Waals surface area contributed by atoms with Crippen LogP contribution in [0.3, 0.4) is 0 Å². The van der Waals surface area contributed by atoms with Gasteiger partial charge < -0.3 is 10.1 Å². The molecular weight excluding hydrogens is 258 g/mol. The first kappa shape index (κ1) is 16.2. The molecule has 3 nitrogen and oxygen atoms in total. The molecule has 1 aromatic rings. The lowest BCUT2D eigenvalue weighted by Crippen LogP contribution is -2.48. The highest BCUT2D eigenvalue weighted by atomic mass is 32.2. The van der Waals surface area contributed by atoms with Gasteiger partial charge in [0.2, 0.25) is 0 Å². The molecule has 0 fully saturated rings. The van der Waals surface area contributed by atoms with Gasteiger partial charge in [0, 0.05) is 23.6 Å². The molecule has 19 heavy (non-hydrogen) atoms. The maximum absolute atomic E-state index is 12.4. The standard InChI is InChI=1S/C15H23NO2S/c1-5-18-11-10-16-15(2,3)14(17)12-6-8-13(19-4)9-7-12/h6-9,16H,5,10-11H2,1-4H3. The van der Waals surface area contributed by atoms with Gasteiger partial charge in [0.05, 0.1) is 12.1 Å². The van der Waals surface area contributed by atoms with Crippen LogP contribution in [-0.2, 0) is 4.74 Å². The molecular formula is C15H23NO2S. The van der Waals surface area contributed by atoms with Gasteiger partial charge in [0.25, 0.3) is 0 Å². The van der Waals surface area contributed by atoms with E-state index in [-0.39, 0.29) is 5.78 Å². The van der Waals surface area contributed by atoms with E-state index in [2.05, 4.69) is 5.32 Å². The molecule has 0 saturated heterocycles. The molecule has 0 saturated carbocycles. The molecule has 106 valence electrons. The molecule has 0 atom stereocenters. The van der Waals surface area contributed by atoms with E-state index >= 15 is 0 Å². The highest BCUT2D eigenvalue weighted by molar-refractivity contribution is 7.98. The zero-order valence-corrected chi connectivity index (χ0v) is 13.0.